The number of aliphatic imine (C=N–C) groups is 1. The van der Waals surface area contributed by atoms with Crippen LogP contribution in [0.3, 0.4) is 0 Å². The lowest BCUT2D eigenvalue weighted by molar-refractivity contribution is 0.0928. The number of nitrogens with one attached hydrogen (secondary N) is 1. The van der Waals surface area contributed by atoms with Gasteiger partial charge in [-0.25, -0.2) is 18.9 Å². The topological polar surface area (TPSA) is 93.3 Å². The van der Waals surface area contributed by atoms with Gasteiger partial charge in [-0.1, -0.05) is 6.58 Å². The lowest BCUT2D eigenvalue weighted by atomic mass is 10.1. The summed E-state index contributed by atoms with van der Waals surface area (Å²) in [7, 11) is 0. The van der Waals surface area contributed by atoms with E-state index in [4.69, 9.17) is 9.47 Å². The molecular formula is C20H23FN6O3. The first-order valence-electron chi connectivity index (χ1n) is 9.67. The Labute approximate surface area is 172 Å². The van der Waals surface area contributed by atoms with Crippen molar-refractivity contribution >= 4 is 23.3 Å². The highest BCUT2D eigenvalue weighted by molar-refractivity contribution is 6.00. The van der Waals surface area contributed by atoms with Gasteiger partial charge < -0.3 is 19.7 Å². The summed E-state index contributed by atoms with van der Waals surface area (Å²) in [4.78, 5) is 23.6. The highest BCUT2D eigenvalue weighted by Crippen LogP contribution is 2.24. The van der Waals surface area contributed by atoms with Crippen molar-refractivity contribution < 1.29 is 18.7 Å². The second-order valence-electron chi connectivity index (χ2n) is 7.21. The number of hydrogen-bond acceptors (Lipinski definition) is 7. The molecule has 0 spiro atoms. The number of aromatic nitrogens is 3. The number of nitrogens with zero attached hydrogens (tertiary/aromatic N) is 5. The van der Waals surface area contributed by atoms with E-state index in [1.807, 2.05) is 11.0 Å². The molecule has 1 saturated heterocycles. The summed E-state index contributed by atoms with van der Waals surface area (Å²) in [5, 5.41) is 7.03. The maximum atomic E-state index is 13.3. The van der Waals surface area contributed by atoms with Crippen LogP contribution in [0.15, 0.2) is 47.6 Å². The molecule has 2 aromatic rings. The Kier molecular flexibility index (Phi) is 5.49. The molecule has 2 aromatic heterocycles. The smallest absolute Gasteiger partial charge is 0.256 e. The predicted octanol–water partition coefficient (Wildman–Crippen LogP) is 1.87. The lowest BCUT2D eigenvalue weighted by Gasteiger charge is -2.37. The largest absolute Gasteiger partial charge is 0.473 e. The van der Waals surface area contributed by atoms with Crippen molar-refractivity contribution in [3.63, 3.8) is 0 Å². The van der Waals surface area contributed by atoms with Crippen LogP contribution in [0.1, 0.15) is 24.2 Å². The van der Waals surface area contributed by atoms with Gasteiger partial charge in [-0.15, -0.1) is 0 Å². The van der Waals surface area contributed by atoms with E-state index in [0.29, 0.717) is 42.4 Å². The van der Waals surface area contributed by atoms with E-state index in [9.17, 15) is 9.18 Å². The monoisotopic (exact) mass is 414 g/mol. The van der Waals surface area contributed by atoms with E-state index >= 15 is 0 Å². The quantitative estimate of drug-likeness (QED) is 0.766. The van der Waals surface area contributed by atoms with Gasteiger partial charge in [0.1, 0.15) is 23.3 Å². The van der Waals surface area contributed by atoms with Crippen LogP contribution in [0.2, 0.25) is 0 Å². The first-order chi connectivity index (χ1) is 14.4. The third-order valence-corrected chi connectivity index (χ3v) is 4.92. The molecule has 2 atom stereocenters. The Balaban J connectivity index is 1.82. The zero-order chi connectivity index (χ0) is 21.3. The third kappa shape index (κ3) is 3.90. The van der Waals surface area contributed by atoms with Crippen LogP contribution in [0.25, 0.3) is 5.65 Å². The Morgan fingerprint density at radius 3 is 3.13 bits per heavy atom. The van der Waals surface area contributed by atoms with E-state index < -0.39 is 11.9 Å². The normalized spacial score (nSPS) is 24.7. The van der Waals surface area contributed by atoms with Crippen molar-refractivity contribution in [3.8, 4) is 0 Å². The van der Waals surface area contributed by atoms with E-state index in [0.717, 1.165) is 6.20 Å². The molecule has 10 heteroatoms. The summed E-state index contributed by atoms with van der Waals surface area (Å²) < 4.78 is 26.5. The SMILES string of the molecule is C=C1C(=N/C=C(\C)F)O[C@@H](C)CNC(=O)c2cnn3ccc(nc23)N2CCOC[C@@H]12. The lowest BCUT2D eigenvalue weighted by Crippen LogP contribution is -2.48. The Hall–Kier alpha value is -3.27. The molecule has 2 bridgehead atoms. The Morgan fingerprint density at radius 1 is 1.50 bits per heavy atom. The van der Waals surface area contributed by atoms with Crippen LogP contribution in [0.4, 0.5) is 10.2 Å². The van der Waals surface area contributed by atoms with Crippen LogP contribution in [0, 0.1) is 0 Å². The summed E-state index contributed by atoms with van der Waals surface area (Å²) in [5.74, 6) is 0.0757. The maximum Gasteiger partial charge on any atom is 0.256 e. The van der Waals surface area contributed by atoms with Gasteiger partial charge >= 0.3 is 0 Å². The van der Waals surface area contributed by atoms with Crippen molar-refractivity contribution in [2.75, 3.05) is 31.2 Å². The third-order valence-electron chi connectivity index (χ3n) is 4.92. The second kappa shape index (κ2) is 8.23. The van der Waals surface area contributed by atoms with Gasteiger partial charge in [0.15, 0.2) is 5.65 Å². The number of carbonyl (C=O) groups is 1. The van der Waals surface area contributed by atoms with Crippen LogP contribution in [-0.2, 0) is 9.47 Å². The molecule has 30 heavy (non-hydrogen) atoms. The average Bonchev–Trinajstić information content (AvgIpc) is 3.17. The van der Waals surface area contributed by atoms with Gasteiger partial charge in [-0.05, 0) is 19.9 Å². The van der Waals surface area contributed by atoms with Crippen LogP contribution < -0.4 is 10.2 Å². The van der Waals surface area contributed by atoms with Gasteiger partial charge in [0.2, 0.25) is 5.90 Å². The molecule has 0 saturated carbocycles. The second-order valence-corrected chi connectivity index (χ2v) is 7.21. The molecule has 1 fully saturated rings. The molecule has 4 heterocycles. The van der Waals surface area contributed by atoms with Crippen LogP contribution in [0.5, 0.6) is 0 Å². The van der Waals surface area contributed by atoms with Gasteiger partial charge in [0.25, 0.3) is 5.91 Å². The average molecular weight is 414 g/mol. The van der Waals surface area contributed by atoms with Gasteiger partial charge in [0, 0.05) is 18.3 Å². The number of halogens is 1. The molecule has 0 aliphatic carbocycles. The van der Waals surface area contributed by atoms with Crippen LogP contribution in [-0.4, -0.2) is 64.9 Å². The minimum absolute atomic E-state index is 0.192. The van der Waals surface area contributed by atoms with E-state index in [1.54, 1.807) is 17.6 Å². The number of allylic oxidation sites excluding steroid dienone is 1. The molecule has 1 amide bonds. The molecule has 0 radical (unpaired) electrons. The zero-order valence-corrected chi connectivity index (χ0v) is 16.8. The van der Waals surface area contributed by atoms with Gasteiger partial charge in [-0.2, -0.15) is 5.10 Å². The van der Waals surface area contributed by atoms with Crippen molar-refractivity contribution in [1.82, 2.24) is 19.9 Å². The van der Waals surface area contributed by atoms with Gasteiger partial charge in [0.05, 0.1) is 38.2 Å². The number of carbonyl (C=O) groups excluding carboxylic acids is 1. The number of fused-ring (bicyclic) bond motifs is 3. The minimum atomic E-state index is -0.459. The molecule has 0 aromatic carbocycles. The summed E-state index contributed by atoms with van der Waals surface area (Å²) in [6.07, 6.45) is 3.90. The number of amides is 1. The molecule has 1 N–H and O–H groups in total. The minimum Gasteiger partial charge on any atom is -0.473 e. The van der Waals surface area contributed by atoms with Crippen molar-refractivity contribution in [3.05, 3.63) is 48.2 Å². The van der Waals surface area contributed by atoms with Crippen molar-refractivity contribution in [1.29, 1.82) is 0 Å². The fourth-order valence-corrected chi connectivity index (χ4v) is 3.39. The predicted molar refractivity (Wildman–Crippen MR) is 109 cm³/mol. The first kappa shape index (κ1) is 20.0. The molecule has 4 rings (SSSR count). The number of ether oxygens (including phenoxy) is 2. The van der Waals surface area contributed by atoms with Crippen molar-refractivity contribution in [2.45, 2.75) is 26.0 Å². The summed E-state index contributed by atoms with van der Waals surface area (Å²) in [6.45, 7) is 8.89. The summed E-state index contributed by atoms with van der Waals surface area (Å²) in [6, 6.07) is 1.50. The molecule has 0 unspecified atom stereocenters. The number of anilines is 1. The van der Waals surface area contributed by atoms with Crippen LogP contribution >= 0.6 is 0 Å². The molecule has 158 valence electrons. The highest BCUT2D eigenvalue weighted by Gasteiger charge is 2.31. The fourth-order valence-electron chi connectivity index (χ4n) is 3.39. The molecule has 2 aliphatic heterocycles. The first-order valence-corrected chi connectivity index (χ1v) is 9.67. The van der Waals surface area contributed by atoms with Gasteiger partial charge in [-0.3, -0.25) is 4.79 Å². The fraction of sp³-hybridized carbons (Fsp3) is 0.400. The number of rotatable bonds is 1. The molecule has 2 aliphatic rings. The summed E-state index contributed by atoms with van der Waals surface area (Å²) in [5.41, 5.74) is 1.37. The van der Waals surface area contributed by atoms with E-state index in [-0.39, 0.29) is 24.4 Å². The maximum absolute atomic E-state index is 13.3. The standard InChI is InChI=1S/C20H23FN6O3/c1-12(21)8-23-20-14(3)16-11-29-7-6-26(16)17-4-5-27-18(25-17)15(10-24-27)19(28)22-9-13(2)30-20/h4-5,8,10,13,16H,3,6-7,9,11H2,1-2H3,(H,22,28)/b12-8+,23-20?/t13-,16-/m0/s1. The molecular weight excluding hydrogens is 391 g/mol. The number of morpholine rings is 1. The van der Waals surface area contributed by atoms with E-state index in [2.05, 4.69) is 27.0 Å². The Bertz CT molecular complexity index is 1040. The van der Waals surface area contributed by atoms with E-state index in [1.165, 1.54) is 13.1 Å². The zero-order valence-electron chi connectivity index (χ0n) is 16.8. The highest BCUT2D eigenvalue weighted by atomic mass is 19.1. The molecule has 9 nitrogen and oxygen atoms in total. The van der Waals surface area contributed by atoms with Crippen molar-refractivity contribution in [2.24, 2.45) is 4.99 Å². The summed E-state index contributed by atoms with van der Waals surface area (Å²) >= 11 is 0. The number of hydrogen-bond donors (Lipinski definition) is 1. The Morgan fingerprint density at radius 2 is 2.33 bits per heavy atom.